The fraction of sp³-hybridized carbons (Fsp3) is 0.471. The quantitative estimate of drug-likeness (QED) is 0.538. The normalized spacial score (nSPS) is 12.7. The van der Waals surface area contributed by atoms with Crippen molar-refractivity contribution >= 4 is 29.1 Å². The van der Waals surface area contributed by atoms with E-state index in [1.54, 1.807) is 24.2 Å². The zero-order chi connectivity index (χ0) is 16.7. The molecule has 0 aliphatic carbocycles. The molecule has 1 amide bonds. The highest BCUT2D eigenvalue weighted by Crippen LogP contribution is 2.24. The average Bonchev–Trinajstić information content (AvgIpc) is 2.43. The highest BCUT2D eigenvalue weighted by atomic mass is 35.5. The fourth-order valence-electron chi connectivity index (χ4n) is 2.07. The second-order valence-electron chi connectivity index (χ2n) is 5.61. The van der Waals surface area contributed by atoms with Crippen molar-refractivity contribution in [2.24, 2.45) is 5.92 Å². The maximum Gasteiger partial charge on any atom is 0.246 e. The van der Waals surface area contributed by atoms with Crippen molar-refractivity contribution in [1.82, 2.24) is 4.90 Å². The van der Waals surface area contributed by atoms with E-state index in [4.69, 9.17) is 27.9 Å². The van der Waals surface area contributed by atoms with E-state index in [-0.39, 0.29) is 11.3 Å². The van der Waals surface area contributed by atoms with E-state index in [1.807, 2.05) is 19.1 Å². The van der Waals surface area contributed by atoms with Gasteiger partial charge in [0.1, 0.15) is 5.75 Å². The Morgan fingerprint density at radius 1 is 1.36 bits per heavy atom. The molecule has 0 bridgehead atoms. The molecule has 0 saturated carbocycles. The first-order valence-corrected chi connectivity index (χ1v) is 8.08. The molecule has 1 aromatic carbocycles. The van der Waals surface area contributed by atoms with Crippen molar-refractivity contribution in [2.45, 2.75) is 32.7 Å². The van der Waals surface area contributed by atoms with Crippen LogP contribution >= 0.6 is 23.2 Å². The third-order valence-electron chi connectivity index (χ3n) is 3.00. The zero-order valence-electron chi connectivity index (χ0n) is 13.5. The summed E-state index contributed by atoms with van der Waals surface area (Å²) in [6, 6.07) is 5.41. The first-order chi connectivity index (χ1) is 10.3. The molecule has 5 heteroatoms. The van der Waals surface area contributed by atoms with Crippen molar-refractivity contribution in [3.8, 4) is 5.75 Å². The lowest BCUT2D eigenvalue weighted by atomic mass is 10.1. The second-order valence-corrected chi connectivity index (χ2v) is 6.73. The van der Waals surface area contributed by atoms with Crippen LogP contribution in [0.25, 0.3) is 0 Å². The summed E-state index contributed by atoms with van der Waals surface area (Å²) in [6.45, 7) is 7.06. The fourth-order valence-corrected chi connectivity index (χ4v) is 2.34. The standard InChI is InChI=1S/C17H23Cl2NO2/c1-12(2)10-20(17(21)8-5-13(3)18)11-14-9-15(19)6-7-16(14)22-4/h5-9,12-13H,10-11H2,1-4H3/b8-5+. The van der Waals surface area contributed by atoms with Gasteiger partial charge in [-0.25, -0.2) is 0 Å². The Bertz CT molecular complexity index is 527. The third-order valence-corrected chi connectivity index (χ3v) is 3.39. The maximum atomic E-state index is 12.4. The highest BCUT2D eigenvalue weighted by Gasteiger charge is 2.16. The molecular weight excluding hydrogens is 321 g/mol. The van der Waals surface area contributed by atoms with Crippen LogP contribution in [0.5, 0.6) is 5.75 Å². The molecule has 0 radical (unpaired) electrons. The molecule has 1 atom stereocenters. The smallest absolute Gasteiger partial charge is 0.246 e. The Morgan fingerprint density at radius 2 is 2.05 bits per heavy atom. The van der Waals surface area contributed by atoms with Gasteiger partial charge < -0.3 is 9.64 Å². The van der Waals surface area contributed by atoms with Gasteiger partial charge in [0.25, 0.3) is 0 Å². The number of nitrogens with zero attached hydrogens (tertiary/aromatic N) is 1. The van der Waals surface area contributed by atoms with Crippen LogP contribution in [-0.2, 0) is 11.3 Å². The average molecular weight is 344 g/mol. The molecule has 1 aromatic rings. The summed E-state index contributed by atoms with van der Waals surface area (Å²) in [6.07, 6.45) is 3.21. The monoisotopic (exact) mass is 343 g/mol. The summed E-state index contributed by atoms with van der Waals surface area (Å²) in [5.41, 5.74) is 0.885. The van der Waals surface area contributed by atoms with Crippen LogP contribution in [0.3, 0.4) is 0 Å². The second kappa shape index (κ2) is 9.06. The number of hydrogen-bond acceptors (Lipinski definition) is 2. The van der Waals surface area contributed by atoms with E-state index in [0.29, 0.717) is 24.0 Å². The number of allylic oxidation sites excluding steroid dienone is 1. The van der Waals surface area contributed by atoms with Crippen molar-refractivity contribution < 1.29 is 9.53 Å². The SMILES string of the molecule is COc1ccc(Cl)cc1CN(CC(C)C)C(=O)/C=C/C(C)Cl. The van der Waals surface area contributed by atoms with Gasteiger partial charge in [-0.3, -0.25) is 4.79 Å². The van der Waals surface area contributed by atoms with Crippen molar-refractivity contribution in [3.05, 3.63) is 40.9 Å². The molecule has 0 aliphatic heterocycles. The number of alkyl halides is 1. The summed E-state index contributed by atoms with van der Waals surface area (Å²) in [5.74, 6) is 1.01. The summed E-state index contributed by atoms with van der Waals surface area (Å²) in [4.78, 5) is 14.2. The topological polar surface area (TPSA) is 29.5 Å². The van der Waals surface area contributed by atoms with Gasteiger partial charge >= 0.3 is 0 Å². The minimum absolute atomic E-state index is 0.0665. The molecule has 1 unspecified atom stereocenters. The summed E-state index contributed by atoms with van der Waals surface area (Å²) >= 11 is 11.9. The Kier molecular flexibility index (Phi) is 7.77. The molecule has 22 heavy (non-hydrogen) atoms. The molecule has 0 saturated heterocycles. The van der Waals surface area contributed by atoms with Crippen LogP contribution in [0.1, 0.15) is 26.3 Å². The Hall–Kier alpha value is -1.19. The number of benzene rings is 1. The minimum Gasteiger partial charge on any atom is -0.496 e. The van der Waals surface area contributed by atoms with Gasteiger partial charge in [-0.15, -0.1) is 11.6 Å². The van der Waals surface area contributed by atoms with Crippen LogP contribution < -0.4 is 4.74 Å². The number of hydrogen-bond donors (Lipinski definition) is 0. The number of halogens is 2. The van der Waals surface area contributed by atoms with E-state index >= 15 is 0 Å². The Balaban J connectivity index is 2.98. The number of carbonyl (C=O) groups is 1. The molecule has 1 rings (SSSR count). The maximum absolute atomic E-state index is 12.4. The molecule has 122 valence electrons. The highest BCUT2D eigenvalue weighted by molar-refractivity contribution is 6.30. The van der Waals surface area contributed by atoms with Crippen molar-refractivity contribution in [2.75, 3.05) is 13.7 Å². The predicted octanol–water partition coefficient (Wildman–Crippen LogP) is 4.52. The van der Waals surface area contributed by atoms with Crippen LogP contribution in [0, 0.1) is 5.92 Å². The molecule has 0 heterocycles. The summed E-state index contributed by atoms with van der Waals surface area (Å²) in [7, 11) is 1.61. The van der Waals surface area contributed by atoms with E-state index in [1.165, 1.54) is 6.08 Å². The molecule has 0 aliphatic rings. The number of amides is 1. The van der Waals surface area contributed by atoms with Gasteiger partial charge in [0.15, 0.2) is 0 Å². The largest absolute Gasteiger partial charge is 0.496 e. The number of ether oxygens (including phenoxy) is 1. The molecule has 0 spiro atoms. The Morgan fingerprint density at radius 3 is 2.59 bits per heavy atom. The predicted molar refractivity (Wildman–Crippen MR) is 92.7 cm³/mol. The summed E-state index contributed by atoms with van der Waals surface area (Å²) < 4.78 is 5.35. The molecule has 3 nitrogen and oxygen atoms in total. The number of rotatable bonds is 7. The van der Waals surface area contributed by atoms with E-state index < -0.39 is 0 Å². The Labute approximate surface area is 142 Å². The van der Waals surface area contributed by atoms with Gasteiger partial charge in [-0.2, -0.15) is 0 Å². The lowest BCUT2D eigenvalue weighted by Gasteiger charge is -2.24. The molecular formula is C17H23Cl2NO2. The first kappa shape index (κ1) is 18.9. The van der Waals surface area contributed by atoms with E-state index in [2.05, 4.69) is 13.8 Å². The number of carbonyl (C=O) groups excluding carboxylic acids is 1. The van der Waals surface area contributed by atoms with E-state index in [0.717, 1.165) is 11.3 Å². The van der Waals surface area contributed by atoms with Gasteiger partial charge in [0.2, 0.25) is 5.91 Å². The van der Waals surface area contributed by atoms with Crippen LogP contribution in [0.2, 0.25) is 5.02 Å². The zero-order valence-corrected chi connectivity index (χ0v) is 15.0. The summed E-state index contributed by atoms with van der Waals surface area (Å²) in [5, 5.41) is 0.447. The van der Waals surface area contributed by atoms with Gasteiger partial charge in [-0.1, -0.05) is 31.5 Å². The van der Waals surface area contributed by atoms with Gasteiger partial charge in [-0.05, 0) is 31.0 Å². The minimum atomic E-state index is -0.175. The van der Waals surface area contributed by atoms with Crippen molar-refractivity contribution in [1.29, 1.82) is 0 Å². The van der Waals surface area contributed by atoms with Gasteiger partial charge in [0.05, 0.1) is 7.11 Å². The number of methoxy groups -OCH3 is 1. The first-order valence-electron chi connectivity index (χ1n) is 7.27. The van der Waals surface area contributed by atoms with Gasteiger partial charge in [0, 0.05) is 35.1 Å². The lowest BCUT2D eigenvalue weighted by molar-refractivity contribution is -0.127. The molecule has 0 N–H and O–H groups in total. The molecule has 0 fully saturated rings. The van der Waals surface area contributed by atoms with E-state index in [9.17, 15) is 4.79 Å². The lowest BCUT2D eigenvalue weighted by Crippen LogP contribution is -2.32. The third kappa shape index (κ3) is 6.29. The van der Waals surface area contributed by atoms with Crippen LogP contribution in [-0.4, -0.2) is 29.8 Å². The van der Waals surface area contributed by atoms with Crippen LogP contribution in [0.4, 0.5) is 0 Å². The van der Waals surface area contributed by atoms with Crippen LogP contribution in [0.15, 0.2) is 30.4 Å². The molecule has 0 aromatic heterocycles. The van der Waals surface area contributed by atoms with Crippen molar-refractivity contribution in [3.63, 3.8) is 0 Å².